The first kappa shape index (κ1) is 12.7. The van der Waals surface area contributed by atoms with Gasteiger partial charge in [0.05, 0.1) is 18.4 Å². The standard InChI is InChI=1S/C16H13NO2/c1-3-12-7-6-8-13(11-12)17-15-10-5-4-9-14(15)16(18)19-2/h1,4-11,17H,2H3. The van der Waals surface area contributed by atoms with Gasteiger partial charge >= 0.3 is 5.97 Å². The third kappa shape index (κ3) is 2.93. The lowest BCUT2D eigenvalue weighted by Crippen LogP contribution is -2.05. The maximum Gasteiger partial charge on any atom is 0.339 e. The van der Waals surface area contributed by atoms with E-state index >= 15 is 0 Å². The van der Waals surface area contributed by atoms with Gasteiger partial charge in [0.1, 0.15) is 0 Å². The van der Waals surface area contributed by atoms with Crippen molar-refractivity contribution in [3.05, 3.63) is 59.7 Å². The van der Waals surface area contributed by atoms with Crippen molar-refractivity contribution in [3.63, 3.8) is 0 Å². The van der Waals surface area contributed by atoms with Crippen LogP contribution in [-0.4, -0.2) is 13.1 Å². The third-order valence-corrected chi connectivity index (χ3v) is 2.64. The fraction of sp³-hybridized carbons (Fsp3) is 0.0625. The van der Waals surface area contributed by atoms with Crippen molar-refractivity contribution in [2.75, 3.05) is 12.4 Å². The molecule has 0 saturated heterocycles. The summed E-state index contributed by atoms with van der Waals surface area (Å²) in [5, 5.41) is 3.17. The number of carbonyl (C=O) groups excluding carboxylic acids is 1. The summed E-state index contributed by atoms with van der Waals surface area (Å²) >= 11 is 0. The van der Waals surface area contributed by atoms with Crippen molar-refractivity contribution in [2.45, 2.75) is 0 Å². The molecule has 0 heterocycles. The number of nitrogens with one attached hydrogen (secondary N) is 1. The largest absolute Gasteiger partial charge is 0.465 e. The monoisotopic (exact) mass is 251 g/mol. The van der Waals surface area contributed by atoms with Gasteiger partial charge in [-0.05, 0) is 30.3 Å². The summed E-state index contributed by atoms with van der Waals surface area (Å²) in [5.41, 5.74) is 2.77. The molecule has 1 N–H and O–H groups in total. The molecule has 0 aliphatic carbocycles. The van der Waals surface area contributed by atoms with Gasteiger partial charge in [0.25, 0.3) is 0 Å². The quantitative estimate of drug-likeness (QED) is 0.672. The van der Waals surface area contributed by atoms with Crippen LogP contribution in [-0.2, 0) is 4.74 Å². The molecule has 0 saturated carbocycles. The third-order valence-electron chi connectivity index (χ3n) is 2.64. The van der Waals surface area contributed by atoms with Crippen LogP contribution in [0.2, 0.25) is 0 Å². The first-order valence-corrected chi connectivity index (χ1v) is 5.75. The molecule has 0 spiro atoms. The van der Waals surface area contributed by atoms with Crippen LogP contribution in [0.25, 0.3) is 0 Å². The van der Waals surface area contributed by atoms with Crippen molar-refractivity contribution in [2.24, 2.45) is 0 Å². The Morgan fingerprint density at radius 1 is 1.21 bits per heavy atom. The lowest BCUT2D eigenvalue weighted by Gasteiger charge is -2.10. The second-order valence-corrected chi connectivity index (χ2v) is 3.89. The van der Waals surface area contributed by atoms with Crippen LogP contribution in [0.15, 0.2) is 48.5 Å². The zero-order chi connectivity index (χ0) is 13.7. The van der Waals surface area contributed by atoms with E-state index in [9.17, 15) is 4.79 Å². The minimum Gasteiger partial charge on any atom is -0.465 e. The number of anilines is 2. The lowest BCUT2D eigenvalue weighted by molar-refractivity contribution is 0.0602. The maximum absolute atomic E-state index is 11.7. The van der Waals surface area contributed by atoms with E-state index in [-0.39, 0.29) is 5.97 Å². The molecule has 94 valence electrons. The van der Waals surface area contributed by atoms with Crippen LogP contribution in [0.5, 0.6) is 0 Å². The van der Waals surface area contributed by atoms with Crippen molar-refractivity contribution >= 4 is 17.3 Å². The van der Waals surface area contributed by atoms with Gasteiger partial charge in [0, 0.05) is 11.3 Å². The Kier molecular flexibility index (Phi) is 3.84. The molecule has 2 aromatic carbocycles. The fourth-order valence-electron chi connectivity index (χ4n) is 1.72. The van der Waals surface area contributed by atoms with Crippen LogP contribution in [0, 0.1) is 12.3 Å². The Balaban J connectivity index is 2.33. The average molecular weight is 251 g/mol. The average Bonchev–Trinajstić information content (AvgIpc) is 2.47. The molecule has 0 aliphatic heterocycles. The summed E-state index contributed by atoms with van der Waals surface area (Å²) in [4.78, 5) is 11.7. The van der Waals surface area contributed by atoms with E-state index in [1.54, 1.807) is 12.1 Å². The number of hydrogen-bond acceptors (Lipinski definition) is 3. The van der Waals surface area contributed by atoms with Crippen LogP contribution in [0.4, 0.5) is 11.4 Å². The van der Waals surface area contributed by atoms with Gasteiger partial charge in [-0.1, -0.05) is 24.1 Å². The zero-order valence-corrected chi connectivity index (χ0v) is 10.5. The minimum absolute atomic E-state index is 0.379. The highest BCUT2D eigenvalue weighted by Gasteiger charge is 2.10. The van der Waals surface area contributed by atoms with Crippen LogP contribution in [0.1, 0.15) is 15.9 Å². The summed E-state index contributed by atoms with van der Waals surface area (Å²) in [6, 6.07) is 14.6. The van der Waals surface area contributed by atoms with Gasteiger partial charge < -0.3 is 10.1 Å². The number of hydrogen-bond donors (Lipinski definition) is 1. The summed E-state index contributed by atoms with van der Waals surface area (Å²) in [6.45, 7) is 0. The lowest BCUT2D eigenvalue weighted by atomic mass is 10.1. The predicted molar refractivity (Wildman–Crippen MR) is 75.4 cm³/mol. The Bertz CT molecular complexity index is 641. The van der Waals surface area contributed by atoms with Gasteiger partial charge in [-0.2, -0.15) is 0 Å². The number of esters is 1. The first-order chi connectivity index (χ1) is 9.24. The van der Waals surface area contributed by atoms with Crippen LogP contribution < -0.4 is 5.32 Å². The molecule has 0 unspecified atom stereocenters. The normalized spacial score (nSPS) is 9.47. The smallest absolute Gasteiger partial charge is 0.339 e. The Hall–Kier alpha value is -2.73. The summed E-state index contributed by atoms with van der Waals surface area (Å²) in [5.74, 6) is 2.19. The van der Waals surface area contributed by atoms with Crippen molar-refractivity contribution in [3.8, 4) is 12.3 Å². The molecule has 0 bridgehead atoms. The number of ether oxygens (including phenoxy) is 1. The summed E-state index contributed by atoms with van der Waals surface area (Å²) in [7, 11) is 1.36. The number of terminal acetylenes is 1. The van der Waals surface area contributed by atoms with Gasteiger partial charge in [-0.15, -0.1) is 6.42 Å². The number of para-hydroxylation sites is 1. The van der Waals surface area contributed by atoms with E-state index in [1.807, 2.05) is 36.4 Å². The topological polar surface area (TPSA) is 38.3 Å². The van der Waals surface area contributed by atoms with E-state index in [4.69, 9.17) is 11.2 Å². The van der Waals surface area contributed by atoms with E-state index in [2.05, 4.69) is 11.2 Å². The van der Waals surface area contributed by atoms with Crippen molar-refractivity contribution in [1.82, 2.24) is 0 Å². The Morgan fingerprint density at radius 2 is 2.00 bits per heavy atom. The van der Waals surface area contributed by atoms with E-state index < -0.39 is 0 Å². The van der Waals surface area contributed by atoms with Gasteiger partial charge in [-0.3, -0.25) is 0 Å². The first-order valence-electron chi connectivity index (χ1n) is 5.75. The summed E-state index contributed by atoms with van der Waals surface area (Å²) < 4.78 is 4.75. The Morgan fingerprint density at radius 3 is 2.74 bits per heavy atom. The molecular formula is C16H13NO2. The second kappa shape index (κ2) is 5.74. The van der Waals surface area contributed by atoms with Gasteiger partial charge in [-0.25, -0.2) is 4.79 Å². The highest BCUT2D eigenvalue weighted by Crippen LogP contribution is 2.22. The number of benzene rings is 2. The maximum atomic E-state index is 11.7. The number of rotatable bonds is 3. The molecule has 0 aromatic heterocycles. The number of carbonyl (C=O) groups is 1. The van der Waals surface area contributed by atoms with E-state index in [1.165, 1.54) is 7.11 Å². The van der Waals surface area contributed by atoms with E-state index in [0.29, 0.717) is 11.3 Å². The molecule has 2 aromatic rings. The zero-order valence-electron chi connectivity index (χ0n) is 10.5. The predicted octanol–water partition coefficient (Wildman–Crippen LogP) is 3.20. The minimum atomic E-state index is -0.379. The molecule has 0 atom stereocenters. The van der Waals surface area contributed by atoms with Crippen LogP contribution >= 0.6 is 0 Å². The molecule has 0 fully saturated rings. The molecule has 0 amide bonds. The molecular weight excluding hydrogens is 238 g/mol. The Labute approximate surface area is 112 Å². The van der Waals surface area contributed by atoms with E-state index in [0.717, 1.165) is 11.3 Å². The SMILES string of the molecule is C#Cc1cccc(Nc2ccccc2C(=O)OC)c1. The van der Waals surface area contributed by atoms with Crippen molar-refractivity contribution in [1.29, 1.82) is 0 Å². The van der Waals surface area contributed by atoms with Crippen molar-refractivity contribution < 1.29 is 9.53 Å². The molecule has 19 heavy (non-hydrogen) atoms. The van der Waals surface area contributed by atoms with Crippen LogP contribution in [0.3, 0.4) is 0 Å². The fourth-order valence-corrected chi connectivity index (χ4v) is 1.72. The molecule has 2 rings (SSSR count). The summed E-state index contributed by atoms with van der Waals surface area (Å²) in [6.07, 6.45) is 5.36. The molecule has 0 radical (unpaired) electrons. The number of methoxy groups -OCH3 is 1. The van der Waals surface area contributed by atoms with Gasteiger partial charge in [0.15, 0.2) is 0 Å². The molecule has 3 nitrogen and oxygen atoms in total. The highest BCUT2D eigenvalue weighted by atomic mass is 16.5. The highest BCUT2D eigenvalue weighted by molar-refractivity contribution is 5.96. The molecule has 3 heteroatoms. The molecule has 0 aliphatic rings. The second-order valence-electron chi connectivity index (χ2n) is 3.89. The van der Waals surface area contributed by atoms with Gasteiger partial charge in [0.2, 0.25) is 0 Å².